The van der Waals surface area contributed by atoms with E-state index in [1.807, 2.05) is 32.0 Å². The number of carbonyl (C=O) groups excluding carboxylic acids is 1. The quantitative estimate of drug-likeness (QED) is 0.507. The lowest BCUT2D eigenvalue weighted by Crippen LogP contribution is -2.50. The molecule has 0 radical (unpaired) electrons. The second-order valence-electron chi connectivity index (χ2n) is 9.94. The van der Waals surface area contributed by atoms with E-state index in [4.69, 9.17) is 4.74 Å². The number of likely N-dealkylation sites (tertiary alicyclic amines) is 1. The number of ether oxygens (including phenoxy) is 1. The number of carbonyl (C=O) groups is 1. The van der Waals surface area contributed by atoms with Gasteiger partial charge >= 0.3 is 0 Å². The van der Waals surface area contributed by atoms with Crippen LogP contribution in [0, 0.1) is 13.8 Å². The molecular formula is C29H33N3O4S. The third-order valence-electron chi connectivity index (χ3n) is 6.98. The number of sulfonamides is 1. The molecule has 0 spiro atoms. The highest BCUT2D eigenvalue weighted by atomic mass is 32.2. The Morgan fingerprint density at radius 3 is 2.27 bits per heavy atom. The van der Waals surface area contributed by atoms with Gasteiger partial charge in [0.05, 0.1) is 17.1 Å². The summed E-state index contributed by atoms with van der Waals surface area (Å²) in [5.74, 6) is 0.0331. The molecule has 1 saturated heterocycles. The number of aryl methyl sites for hydroxylation is 2. The Morgan fingerprint density at radius 1 is 0.919 bits per heavy atom. The van der Waals surface area contributed by atoms with Crippen LogP contribution in [0.1, 0.15) is 35.1 Å². The van der Waals surface area contributed by atoms with Crippen LogP contribution >= 0.6 is 0 Å². The normalized spacial score (nSPS) is 17.8. The molecule has 3 aromatic carbocycles. The second kappa shape index (κ2) is 10.6. The van der Waals surface area contributed by atoms with Crippen molar-refractivity contribution in [3.63, 3.8) is 0 Å². The maximum Gasteiger partial charge on any atom is 0.264 e. The number of benzene rings is 3. The van der Waals surface area contributed by atoms with E-state index in [-0.39, 0.29) is 17.3 Å². The first-order valence-corrected chi connectivity index (χ1v) is 14.2. The zero-order chi connectivity index (χ0) is 26.0. The summed E-state index contributed by atoms with van der Waals surface area (Å²) in [4.78, 5) is 15.8. The molecule has 1 N–H and O–H groups in total. The summed E-state index contributed by atoms with van der Waals surface area (Å²) < 4.78 is 34.5. The van der Waals surface area contributed by atoms with Gasteiger partial charge in [-0.2, -0.15) is 0 Å². The molecule has 1 fully saturated rings. The monoisotopic (exact) mass is 519 g/mol. The molecule has 1 amide bonds. The molecule has 194 valence electrons. The van der Waals surface area contributed by atoms with Crippen molar-refractivity contribution in [1.29, 1.82) is 0 Å². The summed E-state index contributed by atoms with van der Waals surface area (Å²) in [5.41, 5.74) is 4.56. The van der Waals surface area contributed by atoms with Crippen LogP contribution in [-0.2, 0) is 27.9 Å². The molecule has 2 heterocycles. The number of amides is 1. The van der Waals surface area contributed by atoms with E-state index in [1.165, 1.54) is 22.7 Å². The minimum atomic E-state index is -3.88. The lowest BCUT2D eigenvalue weighted by molar-refractivity contribution is -0.127. The highest BCUT2D eigenvalue weighted by Gasteiger charge is 2.37. The molecule has 0 bridgehead atoms. The molecule has 5 rings (SSSR count). The fourth-order valence-corrected chi connectivity index (χ4v) is 6.30. The number of rotatable bonds is 7. The van der Waals surface area contributed by atoms with E-state index >= 15 is 0 Å². The third-order valence-corrected chi connectivity index (χ3v) is 8.77. The predicted octanol–water partition coefficient (Wildman–Crippen LogP) is 4.17. The maximum atomic E-state index is 13.6. The van der Waals surface area contributed by atoms with Gasteiger partial charge in [-0.05, 0) is 80.7 Å². The smallest absolute Gasteiger partial charge is 0.264 e. The van der Waals surface area contributed by atoms with Gasteiger partial charge in [0, 0.05) is 13.1 Å². The standard InChI is InChI=1S/C29H33N3O4S/c1-21-5-12-25(13-6-21)37(34,35)32-20-28(36-27-17-22(2)7-14-26(27)32)29(33)30-18-23-8-10-24(11-9-23)19-31-15-3-4-16-31/h5-14,17,28H,3-4,15-16,18-20H2,1-2H3,(H,30,33)/t28-/m1/s1. The number of fused-ring (bicyclic) bond motifs is 1. The number of hydrogen-bond donors (Lipinski definition) is 1. The van der Waals surface area contributed by atoms with Gasteiger partial charge in [-0.1, -0.05) is 48.0 Å². The number of anilines is 1. The van der Waals surface area contributed by atoms with E-state index in [1.54, 1.807) is 36.4 Å². The fourth-order valence-electron chi connectivity index (χ4n) is 4.83. The van der Waals surface area contributed by atoms with Gasteiger partial charge < -0.3 is 10.1 Å². The molecule has 2 aliphatic rings. The zero-order valence-corrected chi connectivity index (χ0v) is 22.1. The minimum absolute atomic E-state index is 0.104. The van der Waals surface area contributed by atoms with Crippen molar-refractivity contribution in [2.24, 2.45) is 0 Å². The zero-order valence-electron chi connectivity index (χ0n) is 21.3. The summed E-state index contributed by atoms with van der Waals surface area (Å²) in [5, 5.41) is 2.93. The molecule has 0 aliphatic carbocycles. The maximum absolute atomic E-state index is 13.6. The Morgan fingerprint density at radius 2 is 1.57 bits per heavy atom. The Kier molecular flexibility index (Phi) is 7.22. The van der Waals surface area contributed by atoms with Crippen LogP contribution in [-0.4, -0.2) is 45.0 Å². The first kappa shape index (κ1) is 25.3. The van der Waals surface area contributed by atoms with Gasteiger partial charge in [-0.3, -0.25) is 14.0 Å². The number of hydrogen-bond acceptors (Lipinski definition) is 5. The van der Waals surface area contributed by atoms with Crippen LogP contribution < -0.4 is 14.4 Å². The van der Waals surface area contributed by atoms with E-state index in [9.17, 15) is 13.2 Å². The minimum Gasteiger partial charge on any atom is -0.476 e. The van der Waals surface area contributed by atoms with Gasteiger partial charge in [0.15, 0.2) is 6.10 Å². The molecule has 37 heavy (non-hydrogen) atoms. The van der Waals surface area contributed by atoms with Crippen LogP contribution in [0.25, 0.3) is 0 Å². The van der Waals surface area contributed by atoms with Gasteiger partial charge in [0.25, 0.3) is 15.9 Å². The SMILES string of the molecule is Cc1ccc(S(=O)(=O)N2C[C@H](C(=O)NCc3ccc(CN4CCCC4)cc3)Oc3cc(C)ccc32)cc1. The Hall–Kier alpha value is -3.36. The van der Waals surface area contributed by atoms with E-state index in [2.05, 4.69) is 22.3 Å². The molecule has 3 aromatic rings. The summed E-state index contributed by atoms with van der Waals surface area (Å²) in [6.07, 6.45) is 1.56. The van der Waals surface area contributed by atoms with Crippen LogP contribution in [0.3, 0.4) is 0 Å². The van der Waals surface area contributed by atoms with Crippen LogP contribution in [0.5, 0.6) is 5.75 Å². The van der Waals surface area contributed by atoms with Crippen molar-refractivity contribution in [3.8, 4) is 5.75 Å². The summed E-state index contributed by atoms with van der Waals surface area (Å²) >= 11 is 0. The van der Waals surface area contributed by atoms with Crippen molar-refractivity contribution in [3.05, 3.63) is 89.0 Å². The highest BCUT2D eigenvalue weighted by Crippen LogP contribution is 2.37. The fraction of sp³-hybridized carbons (Fsp3) is 0.345. The summed E-state index contributed by atoms with van der Waals surface area (Å²) in [6.45, 7) is 7.30. The largest absolute Gasteiger partial charge is 0.476 e. The highest BCUT2D eigenvalue weighted by molar-refractivity contribution is 7.92. The van der Waals surface area contributed by atoms with Crippen molar-refractivity contribution in [1.82, 2.24) is 10.2 Å². The second-order valence-corrected chi connectivity index (χ2v) is 11.8. The number of nitrogens with zero attached hydrogens (tertiary/aromatic N) is 2. The predicted molar refractivity (Wildman–Crippen MR) is 144 cm³/mol. The van der Waals surface area contributed by atoms with Crippen LogP contribution in [0.15, 0.2) is 71.6 Å². The van der Waals surface area contributed by atoms with Crippen LogP contribution in [0.4, 0.5) is 5.69 Å². The van der Waals surface area contributed by atoms with E-state index in [0.29, 0.717) is 18.0 Å². The average molecular weight is 520 g/mol. The van der Waals surface area contributed by atoms with Crippen LogP contribution in [0.2, 0.25) is 0 Å². The lowest BCUT2D eigenvalue weighted by atomic mass is 10.1. The molecule has 0 unspecified atom stereocenters. The third kappa shape index (κ3) is 5.65. The van der Waals surface area contributed by atoms with Gasteiger partial charge in [-0.25, -0.2) is 8.42 Å². The number of nitrogens with one attached hydrogen (secondary N) is 1. The molecule has 0 saturated carbocycles. The first-order valence-electron chi connectivity index (χ1n) is 12.7. The molecule has 0 aromatic heterocycles. The van der Waals surface area contributed by atoms with E-state index in [0.717, 1.165) is 36.3 Å². The average Bonchev–Trinajstić information content (AvgIpc) is 3.40. The molecule has 7 nitrogen and oxygen atoms in total. The van der Waals surface area contributed by atoms with Gasteiger partial charge in [-0.15, -0.1) is 0 Å². The van der Waals surface area contributed by atoms with Gasteiger partial charge in [0.1, 0.15) is 5.75 Å². The summed E-state index contributed by atoms with van der Waals surface area (Å²) in [6, 6.07) is 20.3. The first-order chi connectivity index (χ1) is 17.8. The van der Waals surface area contributed by atoms with Crippen molar-refractivity contribution < 1.29 is 17.9 Å². The molecule has 2 aliphatic heterocycles. The molecule has 1 atom stereocenters. The Labute approximate surface area is 219 Å². The summed E-state index contributed by atoms with van der Waals surface area (Å²) in [7, 11) is -3.88. The van der Waals surface area contributed by atoms with Gasteiger partial charge in [0.2, 0.25) is 0 Å². The van der Waals surface area contributed by atoms with Crippen molar-refractivity contribution in [2.45, 2.75) is 50.8 Å². The van der Waals surface area contributed by atoms with E-state index < -0.39 is 16.1 Å². The lowest BCUT2D eigenvalue weighted by Gasteiger charge is -2.35. The molecule has 8 heteroatoms. The Balaban J connectivity index is 1.30. The topological polar surface area (TPSA) is 79.0 Å². The van der Waals surface area contributed by atoms with Crippen molar-refractivity contribution in [2.75, 3.05) is 23.9 Å². The molecular weight excluding hydrogens is 486 g/mol. The van der Waals surface area contributed by atoms with Crippen molar-refractivity contribution >= 4 is 21.6 Å². The Bertz CT molecular complexity index is 1370.